The molecule has 0 bridgehead atoms. The molecule has 20 heavy (non-hydrogen) atoms. The number of nitrogens with one attached hydrogen (secondary N) is 1. The van der Waals surface area contributed by atoms with Gasteiger partial charge in [0, 0.05) is 24.2 Å². The van der Waals surface area contributed by atoms with Gasteiger partial charge < -0.3 is 10.1 Å². The predicted molar refractivity (Wildman–Crippen MR) is 85.1 cm³/mol. The van der Waals surface area contributed by atoms with Crippen molar-refractivity contribution in [3.63, 3.8) is 0 Å². The summed E-state index contributed by atoms with van der Waals surface area (Å²) in [6, 6.07) is 5.53. The van der Waals surface area contributed by atoms with E-state index < -0.39 is 0 Å². The number of hydrogen-bond donors (Lipinski definition) is 1. The van der Waals surface area contributed by atoms with Crippen molar-refractivity contribution in [2.24, 2.45) is 0 Å². The fourth-order valence-electron chi connectivity index (χ4n) is 1.86. The lowest BCUT2D eigenvalue weighted by Crippen LogP contribution is -2.21. The van der Waals surface area contributed by atoms with Crippen molar-refractivity contribution in [1.82, 2.24) is 10.3 Å². The molecule has 2 rings (SSSR count). The van der Waals surface area contributed by atoms with Crippen LogP contribution in [0, 0.1) is 6.92 Å². The van der Waals surface area contributed by atoms with E-state index in [-0.39, 0.29) is 0 Å². The van der Waals surface area contributed by atoms with Crippen LogP contribution in [0.1, 0.15) is 5.69 Å². The summed E-state index contributed by atoms with van der Waals surface area (Å²) in [7, 11) is 0. The molecule has 0 saturated carbocycles. The van der Waals surface area contributed by atoms with Gasteiger partial charge in [0.1, 0.15) is 12.1 Å². The van der Waals surface area contributed by atoms with Crippen molar-refractivity contribution in [3.8, 4) is 5.75 Å². The maximum Gasteiger partial charge on any atom is 0.164 e. The van der Waals surface area contributed by atoms with Crippen LogP contribution in [0.25, 0.3) is 10.9 Å². The third-order valence-corrected chi connectivity index (χ3v) is 3.38. The average Bonchev–Trinajstić information content (AvgIpc) is 2.41. The van der Waals surface area contributed by atoms with Gasteiger partial charge >= 0.3 is 0 Å². The Balaban J connectivity index is 2.27. The van der Waals surface area contributed by atoms with Crippen LogP contribution >= 0.6 is 23.2 Å². The molecule has 0 atom stereocenters. The van der Waals surface area contributed by atoms with Crippen molar-refractivity contribution < 1.29 is 4.74 Å². The normalized spacial score (nSPS) is 10.8. The molecule has 0 fully saturated rings. The largest absolute Gasteiger partial charge is 0.488 e. The molecular formula is C15H16Cl2N2O. The number of ether oxygens (including phenoxy) is 1. The topological polar surface area (TPSA) is 34.1 Å². The number of benzene rings is 1. The zero-order valence-electron chi connectivity index (χ0n) is 11.2. The van der Waals surface area contributed by atoms with Crippen LogP contribution in [0.5, 0.6) is 5.75 Å². The Morgan fingerprint density at radius 2 is 2.15 bits per heavy atom. The zero-order valence-corrected chi connectivity index (χ0v) is 12.8. The Bertz CT molecular complexity index is 629. The van der Waals surface area contributed by atoms with Crippen molar-refractivity contribution in [3.05, 3.63) is 46.6 Å². The minimum absolute atomic E-state index is 0.476. The summed E-state index contributed by atoms with van der Waals surface area (Å²) in [5.74, 6) is 0.579. The first-order chi connectivity index (χ1) is 9.63. The maximum atomic E-state index is 6.21. The molecule has 1 aromatic heterocycles. The summed E-state index contributed by atoms with van der Waals surface area (Å²) in [6.07, 6.45) is 1.80. The fourth-order valence-corrected chi connectivity index (χ4v) is 2.43. The second-order valence-electron chi connectivity index (χ2n) is 4.36. The first kappa shape index (κ1) is 15.1. The van der Waals surface area contributed by atoms with Gasteiger partial charge in [-0.05, 0) is 25.1 Å². The number of halogens is 2. The van der Waals surface area contributed by atoms with Crippen LogP contribution < -0.4 is 10.1 Å². The Morgan fingerprint density at radius 3 is 2.90 bits per heavy atom. The van der Waals surface area contributed by atoms with Gasteiger partial charge in [-0.25, -0.2) is 4.98 Å². The third-order valence-electron chi connectivity index (χ3n) is 2.79. The summed E-state index contributed by atoms with van der Waals surface area (Å²) < 4.78 is 5.76. The second kappa shape index (κ2) is 6.93. The summed E-state index contributed by atoms with van der Waals surface area (Å²) >= 11 is 12.4. The third kappa shape index (κ3) is 3.42. The van der Waals surface area contributed by atoms with E-state index in [9.17, 15) is 0 Å². The highest BCUT2D eigenvalue weighted by Gasteiger charge is 2.12. The van der Waals surface area contributed by atoms with E-state index in [1.54, 1.807) is 12.1 Å². The summed E-state index contributed by atoms with van der Waals surface area (Å²) in [4.78, 5) is 4.48. The molecule has 3 nitrogen and oxygen atoms in total. The molecule has 1 N–H and O–H groups in total. The molecule has 5 heteroatoms. The Labute approximate surface area is 128 Å². The summed E-state index contributed by atoms with van der Waals surface area (Å²) in [6.45, 7) is 7.51. The van der Waals surface area contributed by atoms with Gasteiger partial charge in [-0.15, -0.1) is 6.58 Å². The van der Waals surface area contributed by atoms with Gasteiger partial charge in [-0.2, -0.15) is 0 Å². The highest BCUT2D eigenvalue weighted by molar-refractivity contribution is 6.39. The van der Waals surface area contributed by atoms with E-state index in [1.165, 1.54) is 0 Å². The molecule has 0 saturated heterocycles. The molecule has 1 heterocycles. The summed E-state index contributed by atoms with van der Waals surface area (Å²) in [5.41, 5.74) is 1.59. The van der Waals surface area contributed by atoms with E-state index in [1.807, 2.05) is 19.1 Å². The molecule has 0 aliphatic carbocycles. The van der Waals surface area contributed by atoms with Gasteiger partial charge in [0.05, 0.1) is 10.0 Å². The van der Waals surface area contributed by atoms with Crippen molar-refractivity contribution in [1.29, 1.82) is 0 Å². The molecule has 0 spiro atoms. The van der Waals surface area contributed by atoms with E-state index in [2.05, 4.69) is 16.9 Å². The molecular weight excluding hydrogens is 295 g/mol. The number of nitrogens with zero attached hydrogens (tertiary/aromatic N) is 1. The molecule has 0 unspecified atom stereocenters. The van der Waals surface area contributed by atoms with Crippen LogP contribution in [-0.4, -0.2) is 24.7 Å². The number of rotatable bonds is 6. The SMILES string of the molecule is C=CCNCCOc1c(Cl)cc(Cl)c2ccc(C)nc12. The quantitative estimate of drug-likeness (QED) is 0.646. The molecule has 2 aromatic rings. The van der Waals surface area contributed by atoms with Crippen LogP contribution in [0.4, 0.5) is 0 Å². The maximum absolute atomic E-state index is 6.21. The lowest BCUT2D eigenvalue weighted by atomic mass is 10.2. The first-order valence-corrected chi connectivity index (χ1v) is 7.09. The highest BCUT2D eigenvalue weighted by atomic mass is 35.5. The molecule has 0 radical (unpaired) electrons. The van der Waals surface area contributed by atoms with Crippen LogP contribution in [0.2, 0.25) is 10.0 Å². The van der Waals surface area contributed by atoms with Gasteiger partial charge in [0.2, 0.25) is 0 Å². The molecule has 0 aliphatic heterocycles. The van der Waals surface area contributed by atoms with Crippen LogP contribution in [-0.2, 0) is 0 Å². The van der Waals surface area contributed by atoms with E-state index >= 15 is 0 Å². The second-order valence-corrected chi connectivity index (χ2v) is 5.17. The number of aromatic nitrogens is 1. The van der Waals surface area contributed by atoms with Crippen molar-refractivity contribution >= 4 is 34.1 Å². The number of hydrogen-bond acceptors (Lipinski definition) is 3. The minimum atomic E-state index is 0.476. The van der Waals surface area contributed by atoms with E-state index in [0.717, 1.165) is 17.6 Å². The number of aryl methyl sites for hydroxylation is 1. The van der Waals surface area contributed by atoms with Crippen molar-refractivity contribution in [2.75, 3.05) is 19.7 Å². The standard InChI is InChI=1S/C15H16Cl2N2O/c1-3-6-18-7-8-20-15-13(17)9-12(16)11-5-4-10(2)19-14(11)15/h3-5,9,18H,1,6-8H2,2H3. The lowest BCUT2D eigenvalue weighted by molar-refractivity contribution is 0.319. The predicted octanol–water partition coefficient (Wildman–Crippen LogP) is 4.00. The van der Waals surface area contributed by atoms with Gasteiger partial charge in [-0.1, -0.05) is 29.3 Å². The Hall–Kier alpha value is -1.29. The number of fused-ring (bicyclic) bond motifs is 1. The zero-order chi connectivity index (χ0) is 14.5. The molecule has 106 valence electrons. The first-order valence-electron chi connectivity index (χ1n) is 6.33. The van der Waals surface area contributed by atoms with Crippen LogP contribution in [0.15, 0.2) is 30.9 Å². The number of pyridine rings is 1. The van der Waals surface area contributed by atoms with E-state index in [0.29, 0.717) is 34.5 Å². The molecule has 0 aliphatic rings. The Morgan fingerprint density at radius 1 is 1.35 bits per heavy atom. The Kier molecular flexibility index (Phi) is 5.24. The van der Waals surface area contributed by atoms with E-state index in [4.69, 9.17) is 27.9 Å². The monoisotopic (exact) mass is 310 g/mol. The fraction of sp³-hybridized carbons (Fsp3) is 0.267. The summed E-state index contributed by atoms with van der Waals surface area (Å²) in [5, 5.41) is 5.06. The average molecular weight is 311 g/mol. The van der Waals surface area contributed by atoms with Crippen molar-refractivity contribution in [2.45, 2.75) is 6.92 Å². The minimum Gasteiger partial charge on any atom is -0.488 e. The van der Waals surface area contributed by atoms with Crippen LogP contribution in [0.3, 0.4) is 0 Å². The van der Waals surface area contributed by atoms with Gasteiger partial charge in [0.15, 0.2) is 5.75 Å². The highest BCUT2D eigenvalue weighted by Crippen LogP contribution is 2.37. The van der Waals surface area contributed by atoms with Gasteiger partial charge in [0.25, 0.3) is 0 Å². The smallest absolute Gasteiger partial charge is 0.164 e. The lowest BCUT2D eigenvalue weighted by Gasteiger charge is -2.12. The molecule has 0 amide bonds. The molecule has 1 aromatic carbocycles. The van der Waals surface area contributed by atoms with Gasteiger partial charge in [-0.3, -0.25) is 0 Å².